The lowest BCUT2D eigenvalue weighted by Crippen LogP contribution is -2.53. The average molecular weight is 433 g/mol. The number of carbonyl (C=O) groups excluding carboxylic acids is 2. The second-order valence-electron chi connectivity index (χ2n) is 7.87. The smallest absolute Gasteiger partial charge is 0.321 e. The topological polar surface area (TPSA) is 69.0 Å². The molecule has 2 aromatic carbocycles. The summed E-state index contributed by atoms with van der Waals surface area (Å²) in [6.45, 7) is 3.61. The minimum Gasteiger partial charge on any atom is -0.468 e. The SMILES string of the molecule is O=C(CN(Cc1ccccc1)Cc1ccco1)N1CCN(C(=O)Nc2ccccc2)CC1. The lowest BCUT2D eigenvalue weighted by Gasteiger charge is -2.35. The normalized spacial score (nSPS) is 13.9. The van der Waals surface area contributed by atoms with Gasteiger partial charge in [-0.2, -0.15) is 0 Å². The molecule has 7 nitrogen and oxygen atoms in total. The molecule has 0 atom stereocenters. The molecule has 0 bridgehead atoms. The summed E-state index contributed by atoms with van der Waals surface area (Å²) >= 11 is 0. The Morgan fingerprint density at radius 2 is 1.47 bits per heavy atom. The van der Waals surface area contributed by atoms with E-state index in [4.69, 9.17) is 4.42 Å². The van der Waals surface area contributed by atoms with E-state index >= 15 is 0 Å². The van der Waals surface area contributed by atoms with Gasteiger partial charge >= 0.3 is 6.03 Å². The van der Waals surface area contributed by atoms with E-state index in [9.17, 15) is 9.59 Å². The molecule has 1 fully saturated rings. The first-order valence-corrected chi connectivity index (χ1v) is 10.8. The van der Waals surface area contributed by atoms with Crippen molar-refractivity contribution in [3.05, 3.63) is 90.4 Å². The molecule has 1 N–H and O–H groups in total. The van der Waals surface area contributed by atoms with Gasteiger partial charge in [0.25, 0.3) is 0 Å². The van der Waals surface area contributed by atoms with Gasteiger partial charge in [0.2, 0.25) is 5.91 Å². The Morgan fingerprint density at radius 1 is 0.812 bits per heavy atom. The van der Waals surface area contributed by atoms with Crippen LogP contribution in [0.25, 0.3) is 0 Å². The molecule has 166 valence electrons. The summed E-state index contributed by atoms with van der Waals surface area (Å²) in [5.74, 6) is 0.895. The maximum Gasteiger partial charge on any atom is 0.321 e. The number of para-hydroxylation sites is 1. The lowest BCUT2D eigenvalue weighted by atomic mass is 10.2. The van der Waals surface area contributed by atoms with Crippen molar-refractivity contribution in [3.63, 3.8) is 0 Å². The van der Waals surface area contributed by atoms with Crippen LogP contribution in [0.4, 0.5) is 10.5 Å². The Morgan fingerprint density at radius 3 is 2.12 bits per heavy atom. The summed E-state index contributed by atoms with van der Waals surface area (Å²) in [7, 11) is 0. The molecule has 32 heavy (non-hydrogen) atoms. The van der Waals surface area contributed by atoms with Crippen LogP contribution in [0.5, 0.6) is 0 Å². The molecule has 0 saturated carbocycles. The van der Waals surface area contributed by atoms with E-state index in [-0.39, 0.29) is 11.9 Å². The molecule has 0 unspecified atom stereocenters. The first-order valence-electron chi connectivity index (χ1n) is 10.8. The van der Waals surface area contributed by atoms with Crippen LogP contribution in [-0.2, 0) is 17.9 Å². The summed E-state index contributed by atoms with van der Waals surface area (Å²) in [5.41, 5.74) is 1.92. The maximum atomic E-state index is 13.0. The van der Waals surface area contributed by atoms with Crippen LogP contribution in [0.15, 0.2) is 83.5 Å². The number of nitrogens with one attached hydrogen (secondary N) is 1. The van der Waals surface area contributed by atoms with E-state index in [2.05, 4.69) is 22.3 Å². The molecule has 1 aliphatic rings. The van der Waals surface area contributed by atoms with E-state index < -0.39 is 0 Å². The van der Waals surface area contributed by atoms with Crippen LogP contribution in [0, 0.1) is 0 Å². The highest BCUT2D eigenvalue weighted by molar-refractivity contribution is 5.89. The van der Waals surface area contributed by atoms with Crippen molar-refractivity contribution >= 4 is 17.6 Å². The Bertz CT molecular complexity index is 985. The third-order valence-electron chi connectivity index (χ3n) is 5.51. The molecule has 0 spiro atoms. The Kier molecular flexibility index (Phi) is 7.19. The monoisotopic (exact) mass is 432 g/mol. The quantitative estimate of drug-likeness (QED) is 0.619. The molecule has 1 aliphatic heterocycles. The number of piperazine rings is 1. The Balaban J connectivity index is 1.31. The van der Waals surface area contributed by atoms with Crippen LogP contribution in [0.3, 0.4) is 0 Å². The number of rotatable bonds is 7. The fourth-order valence-electron chi connectivity index (χ4n) is 3.81. The zero-order valence-corrected chi connectivity index (χ0v) is 18.0. The number of furan rings is 1. The van der Waals surface area contributed by atoms with Gasteiger partial charge in [0.15, 0.2) is 0 Å². The highest BCUT2D eigenvalue weighted by Gasteiger charge is 2.25. The molecular weight excluding hydrogens is 404 g/mol. The number of carbonyl (C=O) groups is 2. The zero-order chi connectivity index (χ0) is 22.2. The second-order valence-corrected chi connectivity index (χ2v) is 7.87. The van der Waals surface area contributed by atoms with Crippen molar-refractivity contribution in [2.24, 2.45) is 0 Å². The lowest BCUT2D eigenvalue weighted by molar-refractivity contribution is -0.134. The van der Waals surface area contributed by atoms with Gasteiger partial charge in [0.1, 0.15) is 5.76 Å². The first-order chi connectivity index (χ1) is 15.7. The molecule has 1 aromatic heterocycles. The third-order valence-corrected chi connectivity index (χ3v) is 5.51. The molecule has 4 rings (SSSR count). The van der Waals surface area contributed by atoms with Crippen molar-refractivity contribution in [2.45, 2.75) is 13.1 Å². The molecule has 0 radical (unpaired) electrons. The van der Waals surface area contributed by atoms with E-state index in [0.717, 1.165) is 17.0 Å². The molecule has 7 heteroatoms. The molecular formula is C25H28N4O3. The van der Waals surface area contributed by atoms with Crippen LogP contribution >= 0.6 is 0 Å². The van der Waals surface area contributed by atoms with Crippen molar-refractivity contribution in [1.82, 2.24) is 14.7 Å². The summed E-state index contributed by atoms with van der Waals surface area (Å²) in [6, 6.07) is 23.2. The zero-order valence-electron chi connectivity index (χ0n) is 18.0. The van der Waals surface area contributed by atoms with Gasteiger partial charge in [0.05, 0.1) is 19.4 Å². The predicted molar refractivity (Wildman–Crippen MR) is 123 cm³/mol. The minimum absolute atomic E-state index is 0.0654. The average Bonchev–Trinajstić information content (AvgIpc) is 3.33. The van der Waals surface area contributed by atoms with Crippen molar-refractivity contribution in [2.75, 3.05) is 38.0 Å². The molecule has 2 heterocycles. The fourth-order valence-corrected chi connectivity index (χ4v) is 3.81. The van der Waals surface area contributed by atoms with E-state index in [0.29, 0.717) is 45.8 Å². The number of nitrogens with zero attached hydrogens (tertiary/aromatic N) is 3. The van der Waals surface area contributed by atoms with E-state index in [1.54, 1.807) is 11.2 Å². The summed E-state index contributed by atoms with van der Waals surface area (Å²) in [4.78, 5) is 31.2. The van der Waals surface area contributed by atoms with Crippen LogP contribution in [-0.4, -0.2) is 59.4 Å². The van der Waals surface area contributed by atoms with Crippen LogP contribution in [0.2, 0.25) is 0 Å². The Hall–Kier alpha value is -3.58. The Labute approximate surface area is 188 Å². The number of amides is 3. The van der Waals surface area contributed by atoms with Gasteiger partial charge in [-0.3, -0.25) is 9.69 Å². The standard InChI is InChI=1S/C25H28N4O3/c30-24(20-27(19-23-12-7-17-32-23)18-21-8-3-1-4-9-21)28-13-15-29(16-14-28)25(31)26-22-10-5-2-6-11-22/h1-12,17H,13-16,18-20H2,(H,26,31). The van der Waals surface area contributed by atoms with Crippen molar-refractivity contribution < 1.29 is 14.0 Å². The highest BCUT2D eigenvalue weighted by Crippen LogP contribution is 2.13. The summed E-state index contributed by atoms with van der Waals surface area (Å²) in [6.07, 6.45) is 1.65. The third kappa shape index (κ3) is 5.98. The van der Waals surface area contributed by atoms with Gasteiger partial charge in [-0.1, -0.05) is 48.5 Å². The molecule has 3 amide bonds. The minimum atomic E-state index is -0.133. The van der Waals surface area contributed by atoms with Gasteiger partial charge in [-0.05, 0) is 29.8 Å². The molecule has 1 saturated heterocycles. The summed E-state index contributed by atoms with van der Waals surface area (Å²) in [5, 5.41) is 2.90. The highest BCUT2D eigenvalue weighted by atomic mass is 16.3. The van der Waals surface area contributed by atoms with Crippen molar-refractivity contribution in [1.29, 1.82) is 0 Å². The number of hydrogen-bond acceptors (Lipinski definition) is 4. The molecule has 3 aromatic rings. The first kappa shape index (κ1) is 21.6. The van der Waals surface area contributed by atoms with Gasteiger partial charge in [-0.25, -0.2) is 4.79 Å². The van der Waals surface area contributed by atoms with E-state index in [1.165, 1.54) is 0 Å². The van der Waals surface area contributed by atoms with Gasteiger partial charge < -0.3 is 19.5 Å². The predicted octanol–water partition coefficient (Wildman–Crippen LogP) is 3.66. The van der Waals surface area contributed by atoms with E-state index in [1.807, 2.05) is 65.6 Å². The summed E-state index contributed by atoms with van der Waals surface area (Å²) < 4.78 is 5.50. The fraction of sp³-hybridized carbons (Fsp3) is 0.280. The number of anilines is 1. The molecule has 0 aliphatic carbocycles. The number of benzene rings is 2. The maximum absolute atomic E-state index is 13.0. The largest absolute Gasteiger partial charge is 0.468 e. The van der Waals surface area contributed by atoms with Crippen molar-refractivity contribution in [3.8, 4) is 0 Å². The number of urea groups is 1. The number of hydrogen-bond donors (Lipinski definition) is 1. The van der Waals surface area contributed by atoms with Crippen LogP contribution in [0.1, 0.15) is 11.3 Å². The van der Waals surface area contributed by atoms with Gasteiger partial charge in [0, 0.05) is 38.4 Å². The van der Waals surface area contributed by atoms with Crippen LogP contribution < -0.4 is 5.32 Å². The second kappa shape index (κ2) is 10.6. The van der Waals surface area contributed by atoms with Gasteiger partial charge in [-0.15, -0.1) is 0 Å².